The molecule has 0 aliphatic heterocycles. The molecule has 0 spiro atoms. The van der Waals surface area contributed by atoms with Gasteiger partial charge in [0.05, 0.1) is 17.9 Å². The normalized spacial score (nSPS) is 12.2. The molecule has 1 atom stereocenters. The van der Waals surface area contributed by atoms with E-state index in [4.69, 9.17) is 0 Å². The number of aromatic nitrogens is 1. The van der Waals surface area contributed by atoms with Gasteiger partial charge in [0.1, 0.15) is 11.6 Å². The smallest absolute Gasteiger partial charge is 0.141 e. The van der Waals surface area contributed by atoms with Crippen LogP contribution in [0.5, 0.6) is 0 Å². The third-order valence-electron chi connectivity index (χ3n) is 2.83. The lowest BCUT2D eigenvalue weighted by Crippen LogP contribution is -2.09. The summed E-state index contributed by atoms with van der Waals surface area (Å²) in [6, 6.07) is 7.72. The first-order valence-electron chi connectivity index (χ1n) is 5.71. The Hall–Kier alpha value is -1.97. The van der Waals surface area contributed by atoms with E-state index in [2.05, 4.69) is 10.3 Å². The summed E-state index contributed by atoms with van der Waals surface area (Å²) in [4.78, 5) is 4.00. The molecule has 94 valence electrons. The fraction of sp³-hybridized carbons (Fsp3) is 0.214. The number of nitrogens with one attached hydrogen (secondary N) is 1. The summed E-state index contributed by atoms with van der Waals surface area (Å²) >= 11 is 0. The van der Waals surface area contributed by atoms with E-state index in [0.717, 1.165) is 0 Å². The number of halogens is 2. The Bertz CT molecular complexity index is 538. The topological polar surface area (TPSA) is 24.9 Å². The van der Waals surface area contributed by atoms with Crippen LogP contribution in [-0.4, -0.2) is 4.98 Å². The zero-order valence-corrected chi connectivity index (χ0v) is 10.2. The second-order valence-electron chi connectivity index (χ2n) is 4.18. The van der Waals surface area contributed by atoms with Crippen LogP contribution in [0, 0.1) is 18.6 Å². The van der Waals surface area contributed by atoms with Gasteiger partial charge in [0, 0.05) is 11.3 Å². The monoisotopic (exact) mass is 248 g/mol. The van der Waals surface area contributed by atoms with Crippen LogP contribution in [0.4, 0.5) is 14.5 Å². The number of pyridine rings is 1. The summed E-state index contributed by atoms with van der Waals surface area (Å²) in [7, 11) is 0. The molecule has 1 aromatic heterocycles. The lowest BCUT2D eigenvalue weighted by atomic mass is 10.1. The molecule has 1 heterocycles. The van der Waals surface area contributed by atoms with Gasteiger partial charge in [-0.1, -0.05) is 6.07 Å². The minimum absolute atomic E-state index is 0.119. The largest absolute Gasteiger partial charge is 0.377 e. The molecule has 18 heavy (non-hydrogen) atoms. The van der Waals surface area contributed by atoms with Crippen LogP contribution < -0.4 is 5.32 Å². The number of nitrogens with zero attached hydrogens (tertiary/aromatic N) is 1. The van der Waals surface area contributed by atoms with Crippen molar-refractivity contribution in [3.8, 4) is 0 Å². The lowest BCUT2D eigenvalue weighted by molar-refractivity contribution is 0.616. The van der Waals surface area contributed by atoms with Gasteiger partial charge in [0.25, 0.3) is 0 Å². The molecular weight excluding hydrogens is 234 g/mol. The quantitative estimate of drug-likeness (QED) is 0.892. The Morgan fingerprint density at radius 1 is 1.17 bits per heavy atom. The molecule has 0 fully saturated rings. The van der Waals surface area contributed by atoms with E-state index >= 15 is 0 Å². The average molecular weight is 248 g/mol. The molecule has 1 aromatic carbocycles. The summed E-state index contributed by atoms with van der Waals surface area (Å²) < 4.78 is 26.1. The van der Waals surface area contributed by atoms with Gasteiger partial charge in [-0.2, -0.15) is 0 Å². The minimum atomic E-state index is -0.368. The number of benzene rings is 1. The second-order valence-corrected chi connectivity index (χ2v) is 4.18. The molecule has 1 unspecified atom stereocenters. The van der Waals surface area contributed by atoms with Crippen LogP contribution in [0.15, 0.2) is 36.5 Å². The predicted octanol–water partition coefficient (Wildman–Crippen LogP) is 3.84. The third kappa shape index (κ3) is 2.64. The second kappa shape index (κ2) is 5.12. The summed E-state index contributed by atoms with van der Waals surface area (Å²) in [6.07, 6.45) is 1.17. The van der Waals surface area contributed by atoms with Gasteiger partial charge in [-0.05, 0) is 38.1 Å². The van der Waals surface area contributed by atoms with Crippen LogP contribution in [0.1, 0.15) is 24.2 Å². The molecule has 0 bridgehead atoms. The highest BCUT2D eigenvalue weighted by atomic mass is 19.1. The van der Waals surface area contributed by atoms with Gasteiger partial charge in [0.15, 0.2) is 0 Å². The standard InChI is InChI=1S/C14H14F2N2/c1-9-12(16)4-3-5-13(9)18-10(2)14-7-6-11(15)8-17-14/h3-8,10,18H,1-2H3. The van der Waals surface area contributed by atoms with Crippen molar-refractivity contribution < 1.29 is 8.78 Å². The fourth-order valence-electron chi connectivity index (χ4n) is 1.71. The van der Waals surface area contributed by atoms with Crippen molar-refractivity contribution in [1.82, 2.24) is 4.98 Å². The molecule has 1 N–H and O–H groups in total. The number of hydrogen-bond donors (Lipinski definition) is 1. The number of rotatable bonds is 3. The van der Waals surface area contributed by atoms with E-state index in [9.17, 15) is 8.78 Å². The molecule has 0 saturated carbocycles. The van der Waals surface area contributed by atoms with Crippen molar-refractivity contribution in [1.29, 1.82) is 0 Å². The maximum Gasteiger partial charge on any atom is 0.141 e. The van der Waals surface area contributed by atoms with Crippen LogP contribution >= 0.6 is 0 Å². The van der Waals surface area contributed by atoms with Crippen LogP contribution in [0.2, 0.25) is 0 Å². The van der Waals surface area contributed by atoms with E-state index in [0.29, 0.717) is 16.9 Å². The molecule has 2 nitrogen and oxygen atoms in total. The molecule has 0 aliphatic carbocycles. The Morgan fingerprint density at radius 3 is 2.61 bits per heavy atom. The molecule has 4 heteroatoms. The first kappa shape index (κ1) is 12.5. The molecule has 0 saturated heterocycles. The first-order valence-corrected chi connectivity index (χ1v) is 5.71. The van der Waals surface area contributed by atoms with Gasteiger partial charge in [-0.3, -0.25) is 4.98 Å². The zero-order chi connectivity index (χ0) is 13.1. The SMILES string of the molecule is Cc1c(F)cccc1NC(C)c1ccc(F)cn1. The highest BCUT2D eigenvalue weighted by molar-refractivity contribution is 5.52. The van der Waals surface area contributed by atoms with E-state index < -0.39 is 0 Å². The Balaban J connectivity index is 2.18. The van der Waals surface area contributed by atoms with Crippen molar-refractivity contribution >= 4 is 5.69 Å². The van der Waals surface area contributed by atoms with Gasteiger partial charge in [-0.15, -0.1) is 0 Å². The highest BCUT2D eigenvalue weighted by Crippen LogP contribution is 2.22. The Labute approximate surface area is 105 Å². The maximum absolute atomic E-state index is 13.4. The Morgan fingerprint density at radius 2 is 1.94 bits per heavy atom. The fourth-order valence-corrected chi connectivity index (χ4v) is 1.71. The number of anilines is 1. The van der Waals surface area contributed by atoms with E-state index in [1.165, 1.54) is 18.3 Å². The van der Waals surface area contributed by atoms with E-state index in [1.807, 2.05) is 6.92 Å². The Kier molecular flexibility index (Phi) is 3.55. The van der Waals surface area contributed by atoms with E-state index in [-0.39, 0.29) is 17.7 Å². The van der Waals surface area contributed by atoms with Crippen LogP contribution in [0.3, 0.4) is 0 Å². The minimum Gasteiger partial charge on any atom is -0.377 e. The average Bonchev–Trinajstić information content (AvgIpc) is 2.36. The summed E-state index contributed by atoms with van der Waals surface area (Å²) in [5, 5.41) is 3.16. The first-order chi connectivity index (χ1) is 8.58. The van der Waals surface area contributed by atoms with Crippen molar-refractivity contribution in [2.45, 2.75) is 19.9 Å². The van der Waals surface area contributed by atoms with Gasteiger partial charge in [0.2, 0.25) is 0 Å². The number of hydrogen-bond acceptors (Lipinski definition) is 2. The van der Waals surface area contributed by atoms with Crippen molar-refractivity contribution in [3.63, 3.8) is 0 Å². The zero-order valence-electron chi connectivity index (χ0n) is 10.2. The van der Waals surface area contributed by atoms with Crippen molar-refractivity contribution in [3.05, 3.63) is 59.4 Å². The van der Waals surface area contributed by atoms with Crippen molar-refractivity contribution in [2.24, 2.45) is 0 Å². The highest BCUT2D eigenvalue weighted by Gasteiger charge is 2.09. The molecule has 2 rings (SSSR count). The molecule has 2 aromatic rings. The van der Waals surface area contributed by atoms with E-state index in [1.54, 1.807) is 25.1 Å². The summed E-state index contributed by atoms with van der Waals surface area (Å²) in [5.74, 6) is -0.618. The van der Waals surface area contributed by atoms with Gasteiger partial charge in [-0.25, -0.2) is 8.78 Å². The van der Waals surface area contributed by atoms with Gasteiger partial charge >= 0.3 is 0 Å². The predicted molar refractivity (Wildman–Crippen MR) is 67.4 cm³/mol. The molecule has 0 aliphatic rings. The van der Waals surface area contributed by atoms with Crippen LogP contribution in [0.25, 0.3) is 0 Å². The summed E-state index contributed by atoms with van der Waals surface area (Å²) in [5.41, 5.74) is 1.99. The third-order valence-corrected chi connectivity index (χ3v) is 2.83. The molecule has 0 radical (unpaired) electrons. The van der Waals surface area contributed by atoms with Crippen LogP contribution in [-0.2, 0) is 0 Å². The molecule has 0 amide bonds. The maximum atomic E-state index is 13.4. The molecular formula is C14H14F2N2. The van der Waals surface area contributed by atoms with Crippen molar-refractivity contribution in [2.75, 3.05) is 5.32 Å². The summed E-state index contributed by atoms with van der Waals surface area (Å²) in [6.45, 7) is 3.60. The van der Waals surface area contributed by atoms with Gasteiger partial charge < -0.3 is 5.32 Å². The lowest BCUT2D eigenvalue weighted by Gasteiger charge is -2.16.